The topological polar surface area (TPSA) is 29.1 Å². The maximum Gasteiger partial charge on any atom is 0.152 e. The van der Waals surface area contributed by atoms with Crippen LogP contribution < -0.4 is 5.32 Å². The highest BCUT2D eigenvalue weighted by Crippen LogP contribution is 2.29. The third-order valence-electron chi connectivity index (χ3n) is 3.41. The maximum atomic E-state index is 12.0. The van der Waals surface area contributed by atoms with Crippen LogP contribution in [-0.2, 0) is 4.79 Å². The van der Waals surface area contributed by atoms with Crippen molar-refractivity contribution in [3.8, 4) is 0 Å². The Morgan fingerprint density at radius 2 is 1.93 bits per heavy atom. The molecule has 1 rings (SSSR count). The second-order valence-electron chi connectivity index (χ2n) is 5.05. The van der Waals surface area contributed by atoms with Gasteiger partial charge in [-0.3, -0.25) is 4.79 Å². The molecule has 0 heterocycles. The van der Waals surface area contributed by atoms with E-state index in [2.05, 4.69) is 12.2 Å². The van der Waals surface area contributed by atoms with E-state index in [1.54, 1.807) is 0 Å². The van der Waals surface area contributed by atoms with Crippen molar-refractivity contribution in [1.29, 1.82) is 0 Å². The van der Waals surface area contributed by atoms with Crippen LogP contribution >= 0.6 is 0 Å². The van der Waals surface area contributed by atoms with E-state index in [1.807, 2.05) is 13.8 Å². The van der Waals surface area contributed by atoms with Gasteiger partial charge in [-0.1, -0.05) is 46.5 Å². The zero-order valence-corrected chi connectivity index (χ0v) is 10.4. The van der Waals surface area contributed by atoms with Crippen LogP contribution in [0.5, 0.6) is 0 Å². The molecular formula is C13H25NO. The molecular weight excluding hydrogens is 186 g/mol. The molecule has 0 aromatic carbocycles. The number of nitrogens with one attached hydrogen (secondary N) is 1. The molecule has 88 valence electrons. The number of carbonyl (C=O) groups excluding carboxylic acids is 1. The second-order valence-corrected chi connectivity index (χ2v) is 5.05. The zero-order chi connectivity index (χ0) is 11.3. The van der Waals surface area contributed by atoms with Crippen LogP contribution in [-0.4, -0.2) is 18.4 Å². The van der Waals surface area contributed by atoms with Crippen LogP contribution in [0.2, 0.25) is 0 Å². The molecule has 1 N–H and O–H groups in total. The first-order valence-corrected chi connectivity index (χ1v) is 6.42. The summed E-state index contributed by atoms with van der Waals surface area (Å²) in [6, 6.07) is 0.109. The lowest BCUT2D eigenvalue weighted by Gasteiger charge is -2.21. The molecule has 15 heavy (non-hydrogen) atoms. The molecule has 1 aliphatic rings. The van der Waals surface area contributed by atoms with Crippen molar-refractivity contribution in [1.82, 2.24) is 5.32 Å². The molecule has 1 fully saturated rings. The zero-order valence-electron chi connectivity index (χ0n) is 10.4. The van der Waals surface area contributed by atoms with Crippen LogP contribution in [0, 0.1) is 11.8 Å². The van der Waals surface area contributed by atoms with Crippen LogP contribution in [0.15, 0.2) is 0 Å². The third kappa shape index (κ3) is 3.94. The Balaban J connectivity index is 2.45. The fourth-order valence-corrected chi connectivity index (χ4v) is 2.53. The number of ketones is 1. The molecule has 0 spiro atoms. The van der Waals surface area contributed by atoms with Gasteiger partial charge < -0.3 is 5.32 Å². The van der Waals surface area contributed by atoms with Gasteiger partial charge in [-0.15, -0.1) is 0 Å². The summed E-state index contributed by atoms with van der Waals surface area (Å²) in [5.74, 6) is 1.34. The van der Waals surface area contributed by atoms with E-state index in [0.29, 0.717) is 5.78 Å². The highest BCUT2D eigenvalue weighted by atomic mass is 16.1. The average molecular weight is 211 g/mol. The summed E-state index contributed by atoms with van der Waals surface area (Å²) in [5.41, 5.74) is 0. The Kier molecular flexibility index (Phi) is 5.30. The molecule has 0 aromatic rings. The van der Waals surface area contributed by atoms with Gasteiger partial charge in [-0.2, -0.15) is 0 Å². The number of rotatable bonds is 6. The van der Waals surface area contributed by atoms with Crippen molar-refractivity contribution in [3.63, 3.8) is 0 Å². The van der Waals surface area contributed by atoms with Crippen molar-refractivity contribution in [2.24, 2.45) is 11.8 Å². The van der Waals surface area contributed by atoms with Crippen molar-refractivity contribution < 1.29 is 4.79 Å². The number of hydrogen-bond acceptors (Lipinski definition) is 2. The minimum atomic E-state index is 0.109. The van der Waals surface area contributed by atoms with Crippen molar-refractivity contribution >= 4 is 5.78 Å². The fraction of sp³-hybridized carbons (Fsp3) is 0.923. The quantitative estimate of drug-likeness (QED) is 0.732. The maximum absolute atomic E-state index is 12.0. The van der Waals surface area contributed by atoms with E-state index < -0.39 is 0 Å². The van der Waals surface area contributed by atoms with Gasteiger partial charge in [0.1, 0.15) is 0 Å². The molecule has 0 aromatic heterocycles. The minimum absolute atomic E-state index is 0.109. The third-order valence-corrected chi connectivity index (χ3v) is 3.41. The van der Waals surface area contributed by atoms with E-state index in [4.69, 9.17) is 0 Å². The van der Waals surface area contributed by atoms with E-state index in [-0.39, 0.29) is 12.0 Å². The van der Waals surface area contributed by atoms with Gasteiger partial charge in [-0.25, -0.2) is 0 Å². The van der Waals surface area contributed by atoms with Gasteiger partial charge in [0.2, 0.25) is 0 Å². The molecule has 1 atom stereocenters. The van der Waals surface area contributed by atoms with Crippen molar-refractivity contribution in [2.45, 2.75) is 58.9 Å². The first kappa shape index (κ1) is 12.7. The monoisotopic (exact) mass is 211 g/mol. The Morgan fingerprint density at radius 1 is 1.33 bits per heavy atom. The first-order chi connectivity index (χ1) is 7.15. The van der Waals surface area contributed by atoms with Crippen LogP contribution in [0.4, 0.5) is 0 Å². The summed E-state index contributed by atoms with van der Waals surface area (Å²) in [6.07, 6.45) is 6.43. The Bertz CT molecular complexity index is 195. The van der Waals surface area contributed by atoms with Crippen molar-refractivity contribution in [2.75, 3.05) is 6.54 Å². The fourth-order valence-electron chi connectivity index (χ4n) is 2.53. The predicted molar refractivity (Wildman–Crippen MR) is 63.9 cm³/mol. The Labute approximate surface area is 93.8 Å². The molecule has 1 unspecified atom stereocenters. The molecule has 1 saturated carbocycles. The summed E-state index contributed by atoms with van der Waals surface area (Å²) in [6.45, 7) is 6.98. The van der Waals surface area contributed by atoms with Gasteiger partial charge in [0.05, 0.1) is 6.04 Å². The van der Waals surface area contributed by atoms with Crippen LogP contribution in [0.25, 0.3) is 0 Å². The second kappa shape index (κ2) is 6.26. The SMILES string of the molecule is CCNC(CC1CCCC1)C(=O)C(C)C. The van der Waals surface area contributed by atoms with Gasteiger partial charge >= 0.3 is 0 Å². The summed E-state index contributed by atoms with van der Waals surface area (Å²) in [4.78, 5) is 12.0. The summed E-state index contributed by atoms with van der Waals surface area (Å²) in [7, 11) is 0. The van der Waals surface area contributed by atoms with Gasteiger partial charge in [0, 0.05) is 5.92 Å². The van der Waals surface area contributed by atoms with Gasteiger partial charge in [0.25, 0.3) is 0 Å². The molecule has 0 radical (unpaired) electrons. The standard InChI is InChI=1S/C13H25NO/c1-4-14-12(13(15)10(2)3)9-11-7-5-6-8-11/h10-12,14H,4-9H2,1-3H3. The van der Waals surface area contributed by atoms with Crippen LogP contribution in [0.1, 0.15) is 52.9 Å². The lowest BCUT2D eigenvalue weighted by molar-refractivity contribution is -0.124. The molecule has 0 saturated heterocycles. The number of Topliss-reactive ketones (excluding diaryl/α,β-unsaturated/α-hetero) is 1. The summed E-state index contributed by atoms with van der Waals surface area (Å²) in [5, 5.41) is 3.34. The highest BCUT2D eigenvalue weighted by Gasteiger charge is 2.25. The Hall–Kier alpha value is -0.370. The molecule has 0 amide bonds. The number of carbonyl (C=O) groups is 1. The predicted octanol–water partition coefficient (Wildman–Crippen LogP) is 2.77. The highest BCUT2D eigenvalue weighted by molar-refractivity contribution is 5.85. The number of likely N-dealkylation sites (N-methyl/N-ethyl adjacent to an activating group) is 1. The normalized spacial score (nSPS) is 19.7. The lowest BCUT2D eigenvalue weighted by Crippen LogP contribution is -2.40. The molecule has 2 nitrogen and oxygen atoms in total. The summed E-state index contributed by atoms with van der Waals surface area (Å²) >= 11 is 0. The van der Waals surface area contributed by atoms with Gasteiger partial charge in [-0.05, 0) is 18.9 Å². The van der Waals surface area contributed by atoms with E-state index >= 15 is 0 Å². The Morgan fingerprint density at radius 3 is 2.40 bits per heavy atom. The van der Waals surface area contributed by atoms with E-state index in [9.17, 15) is 4.79 Å². The summed E-state index contributed by atoms with van der Waals surface area (Å²) < 4.78 is 0. The largest absolute Gasteiger partial charge is 0.308 e. The van der Waals surface area contributed by atoms with Gasteiger partial charge in [0.15, 0.2) is 5.78 Å². The smallest absolute Gasteiger partial charge is 0.152 e. The van der Waals surface area contributed by atoms with Crippen molar-refractivity contribution in [3.05, 3.63) is 0 Å². The minimum Gasteiger partial charge on any atom is -0.308 e. The average Bonchev–Trinajstić information content (AvgIpc) is 2.68. The van der Waals surface area contributed by atoms with E-state index in [1.165, 1.54) is 25.7 Å². The first-order valence-electron chi connectivity index (χ1n) is 6.42. The molecule has 1 aliphatic carbocycles. The molecule has 0 bridgehead atoms. The lowest BCUT2D eigenvalue weighted by atomic mass is 9.91. The number of hydrogen-bond donors (Lipinski definition) is 1. The van der Waals surface area contributed by atoms with Crippen LogP contribution in [0.3, 0.4) is 0 Å². The molecule has 2 heteroatoms. The van der Waals surface area contributed by atoms with E-state index in [0.717, 1.165) is 18.9 Å². The molecule has 0 aliphatic heterocycles.